The molecule has 70 valence electrons. The Morgan fingerprint density at radius 3 is 2.17 bits per heavy atom. The number of carbonyl (C=O) groups excluding carboxylic acids is 2. The Morgan fingerprint density at radius 2 is 1.83 bits per heavy atom. The Balaban J connectivity index is 3.76. The van der Waals surface area contributed by atoms with Crippen molar-refractivity contribution >= 4 is 11.7 Å². The smallest absolute Gasteiger partial charge is 0.284 e. The maximum absolute atomic E-state index is 10.8. The molecule has 4 N–H and O–H groups in total. The minimum atomic E-state index is -0.894. The summed E-state index contributed by atoms with van der Waals surface area (Å²) < 4.78 is 0. The fraction of sp³-hybridized carbons (Fsp3) is 0.750. The van der Waals surface area contributed by atoms with Crippen LogP contribution in [0, 0.1) is 5.92 Å². The van der Waals surface area contributed by atoms with Gasteiger partial charge in [0, 0.05) is 12.5 Å². The van der Waals surface area contributed by atoms with Crippen LogP contribution < -0.4 is 11.5 Å². The van der Waals surface area contributed by atoms with Crippen molar-refractivity contribution < 1.29 is 9.59 Å². The molecule has 1 amide bonds. The predicted molar refractivity (Wildman–Crippen MR) is 46.2 cm³/mol. The summed E-state index contributed by atoms with van der Waals surface area (Å²) in [4.78, 5) is 21.1. The van der Waals surface area contributed by atoms with Gasteiger partial charge in [-0.05, 0) is 12.3 Å². The number of ketones is 1. The van der Waals surface area contributed by atoms with Crippen molar-refractivity contribution in [2.24, 2.45) is 17.4 Å². The molecule has 0 saturated carbocycles. The molecule has 0 aromatic rings. The monoisotopic (exact) mass is 172 g/mol. The van der Waals surface area contributed by atoms with E-state index in [9.17, 15) is 9.59 Å². The number of hydrogen-bond acceptors (Lipinski definition) is 3. The minimum absolute atomic E-state index is 0.0630. The maximum Gasteiger partial charge on any atom is 0.284 e. The van der Waals surface area contributed by atoms with Gasteiger partial charge in [-0.3, -0.25) is 9.59 Å². The number of rotatable bonds is 5. The van der Waals surface area contributed by atoms with Crippen LogP contribution in [0.15, 0.2) is 0 Å². The second-order valence-corrected chi connectivity index (χ2v) is 3.38. The second kappa shape index (κ2) is 4.87. The minimum Gasteiger partial charge on any atom is -0.363 e. The van der Waals surface area contributed by atoms with Gasteiger partial charge in [-0.15, -0.1) is 0 Å². The molecule has 0 fully saturated rings. The first-order chi connectivity index (χ1) is 5.43. The zero-order valence-corrected chi connectivity index (χ0v) is 7.54. The Kier molecular flexibility index (Phi) is 4.51. The molecule has 0 saturated heterocycles. The van der Waals surface area contributed by atoms with Crippen LogP contribution >= 0.6 is 0 Å². The highest BCUT2D eigenvalue weighted by Gasteiger charge is 2.14. The van der Waals surface area contributed by atoms with Gasteiger partial charge in [-0.25, -0.2) is 0 Å². The summed E-state index contributed by atoms with van der Waals surface area (Å²) in [6.07, 6.45) is 0.798. The zero-order chi connectivity index (χ0) is 9.72. The summed E-state index contributed by atoms with van der Waals surface area (Å²) in [5.41, 5.74) is 10.4. The van der Waals surface area contributed by atoms with Crippen molar-refractivity contribution in [3.8, 4) is 0 Å². The molecule has 0 aromatic carbocycles. The van der Waals surface area contributed by atoms with E-state index >= 15 is 0 Å². The SMILES string of the molecule is CC(C)C[C@@H](N)CC(=O)C(N)=O. The van der Waals surface area contributed by atoms with Gasteiger partial charge in [0.2, 0.25) is 5.78 Å². The van der Waals surface area contributed by atoms with Crippen molar-refractivity contribution in [2.45, 2.75) is 32.7 Å². The third-order valence-corrected chi connectivity index (χ3v) is 1.50. The molecule has 0 aliphatic heterocycles. The van der Waals surface area contributed by atoms with Crippen LogP contribution in [0.4, 0.5) is 0 Å². The molecule has 0 aliphatic carbocycles. The second-order valence-electron chi connectivity index (χ2n) is 3.38. The third-order valence-electron chi connectivity index (χ3n) is 1.50. The summed E-state index contributed by atoms with van der Waals surface area (Å²) >= 11 is 0. The number of nitrogens with two attached hydrogens (primary N) is 2. The molecule has 0 radical (unpaired) electrons. The van der Waals surface area contributed by atoms with E-state index < -0.39 is 11.7 Å². The number of amides is 1. The van der Waals surface area contributed by atoms with Gasteiger partial charge >= 0.3 is 0 Å². The standard InChI is InChI=1S/C8H16N2O2/c1-5(2)3-6(9)4-7(11)8(10)12/h5-6H,3-4,9H2,1-2H3,(H2,10,12)/t6-/m1/s1. The normalized spacial score (nSPS) is 13.0. The Bertz CT molecular complexity index is 178. The van der Waals surface area contributed by atoms with Gasteiger partial charge in [0.15, 0.2) is 0 Å². The quantitative estimate of drug-likeness (QED) is 0.563. The summed E-state index contributed by atoms with van der Waals surface area (Å²) in [5, 5.41) is 0. The summed E-state index contributed by atoms with van der Waals surface area (Å²) in [6, 6.07) is -0.245. The molecule has 0 bridgehead atoms. The van der Waals surface area contributed by atoms with E-state index in [2.05, 4.69) is 0 Å². The Hall–Kier alpha value is -0.900. The fourth-order valence-electron chi connectivity index (χ4n) is 1.03. The van der Waals surface area contributed by atoms with Crippen LogP contribution in [0.3, 0.4) is 0 Å². The van der Waals surface area contributed by atoms with Gasteiger partial charge in [0.25, 0.3) is 5.91 Å². The van der Waals surface area contributed by atoms with E-state index in [1.54, 1.807) is 0 Å². The Labute approximate surface area is 72.3 Å². The van der Waals surface area contributed by atoms with E-state index in [0.29, 0.717) is 5.92 Å². The van der Waals surface area contributed by atoms with Crippen molar-refractivity contribution in [3.63, 3.8) is 0 Å². The van der Waals surface area contributed by atoms with Crippen LogP contribution in [-0.2, 0) is 9.59 Å². The van der Waals surface area contributed by atoms with Crippen molar-refractivity contribution in [1.29, 1.82) is 0 Å². The molecule has 0 heterocycles. The highest BCUT2D eigenvalue weighted by molar-refractivity contribution is 6.35. The first kappa shape index (κ1) is 11.1. The third kappa shape index (κ3) is 4.85. The van der Waals surface area contributed by atoms with Gasteiger partial charge in [-0.1, -0.05) is 13.8 Å². The van der Waals surface area contributed by atoms with Crippen LogP contribution in [0.25, 0.3) is 0 Å². The van der Waals surface area contributed by atoms with Crippen molar-refractivity contribution in [2.75, 3.05) is 0 Å². The molecule has 1 atom stereocenters. The number of hydrogen-bond donors (Lipinski definition) is 2. The molecule has 0 spiro atoms. The lowest BCUT2D eigenvalue weighted by Gasteiger charge is -2.11. The Morgan fingerprint density at radius 1 is 1.33 bits per heavy atom. The van der Waals surface area contributed by atoms with Crippen LogP contribution in [-0.4, -0.2) is 17.7 Å². The largest absolute Gasteiger partial charge is 0.363 e. The summed E-state index contributed by atoms with van der Waals surface area (Å²) in [5.74, 6) is -1.04. The zero-order valence-electron chi connectivity index (χ0n) is 7.54. The molecular formula is C8H16N2O2. The topological polar surface area (TPSA) is 86.2 Å². The predicted octanol–water partition coefficient (Wildman–Crippen LogP) is -0.196. The average molecular weight is 172 g/mol. The average Bonchev–Trinajstić information content (AvgIpc) is 1.84. The first-order valence-electron chi connectivity index (χ1n) is 4.01. The molecule has 0 aromatic heterocycles. The van der Waals surface area contributed by atoms with Crippen molar-refractivity contribution in [1.82, 2.24) is 0 Å². The lowest BCUT2D eigenvalue weighted by atomic mass is 10.00. The van der Waals surface area contributed by atoms with Crippen LogP contribution in [0.1, 0.15) is 26.7 Å². The maximum atomic E-state index is 10.8. The van der Waals surface area contributed by atoms with Crippen LogP contribution in [0.2, 0.25) is 0 Å². The molecule has 4 nitrogen and oxygen atoms in total. The first-order valence-corrected chi connectivity index (χ1v) is 4.01. The van der Waals surface area contributed by atoms with Gasteiger partial charge in [0.1, 0.15) is 0 Å². The van der Waals surface area contributed by atoms with E-state index in [1.165, 1.54) is 0 Å². The fourth-order valence-corrected chi connectivity index (χ4v) is 1.03. The van der Waals surface area contributed by atoms with Crippen molar-refractivity contribution in [3.05, 3.63) is 0 Å². The van der Waals surface area contributed by atoms with Gasteiger partial charge < -0.3 is 11.5 Å². The number of Topliss-reactive ketones (excluding diaryl/α,β-unsaturated/α-hetero) is 1. The van der Waals surface area contributed by atoms with Gasteiger partial charge in [0.05, 0.1) is 0 Å². The molecule has 0 unspecified atom stereocenters. The molecule has 0 aliphatic rings. The highest BCUT2D eigenvalue weighted by Crippen LogP contribution is 2.05. The highest BCUT2D eigenvalue weighted by atomic mass is 16.2. The van der Waals surface area contributed by atoms with Crippen LogP contribution in [0.5, 0.6) is 0 Å². The van der Waals surface area contributed by atoms with E-state index in [1.807, 2.05) is 13.8 Å². The van der Waals surface area contributed by atoms with E-state index in [0.717, 1.165) is 6.42 Å². The molecule has 4 heteroatoms. The molecule has 0 rings (SSSR count). The lowest BCUT2D eigenvalue weighted by Crippen LogP contribution is -2.32. The number of carbonyl (C=O) groups is 2. The van der Waals surface area contributed by atoms with E-state index in [-0.39, 0.29) is 12.5 Å². The lowest BCUT2D eigenvalue weighted by molar-refractivity contribution is -0.136. The number of primary amides is 1. The summed E-state index contributed by atoms with van der Waals surface area (Å²) in [6.45, 7) is 4.02. The van der Waals surface area contributed by atoms with E-state index in [4.69, 9.17) is 11.5 Å². The summed E-state index contributed by atoms with van der Waals surface area (Å²) in [7, 11) is 0. The molecule has 12 heavy (non-hydrogen) atoms. The molecular weight excluding hydrogens is 156 g/mol. The van der Waals surface area contributed by atoms with Gasteiger partial charge in [-0.2, -0.15) is 0 Å².